The van der Waals surface area contributed by atoms with E-state index in [1.165, 1.54) is 0 Å². The predicted molar refractivity (Wildman–Crippen MR) is 132 cm³/mol. The number of amidine groups is 1. The Labute approximate surface area is 193 Å². The molecule has 0 aliphatic heterocycles. The number of nitrogens with zero attached hydrogens (tertiary/aromatic N) is 4. The minimum atomic E-state index is 0.158. The lowest BCUT2D eigenvalue weighted by Crippen LogP contribution is -2.21. The first kappa shape index (κ1) is 25.0. The number of aromatic nitrogens is 1. The molecular weight excluding hydrogens is 437 g/mol. The van der Waals surface area contributed by atoms with E-state index in [0.717, 1.165) is 42.5 Å². The molecule has 10 heteroatoms. The Kier molecular flexibility index (Phi) is 12.5. The third-order valence-corrected chi connectivity index (χ3v) is 4.66. The van der Waals surface area contributed by atoms with Gasteiger partial charge in [-0.25, -0.2) is 4.99 Å². The third kappa shape index (κ3) is 10.5. The molecule has 3 N–H and O–H groups in total. The fourth-order valence-electron chi connectivity index (χ4n) is 2.68. The summed E-state index contributed by atoms with van der Waals surface area (Å²) in [5.41, 5.74) is 1.98. The molecule has 0 amide bonds. The number of hydrogen-bond acceptors (Lipinski definition) is 6. The van der Waals surface area contributed by atoms with Crippen molar-refractivity contribution in [3.63, 3.8) is 0 Å². The Balaban J connectivity index is 1.43. The second kappa shape index (κ2) is 15.5. The Morgan fingerprint density at radius 1 is 1.16 bits per heavy atom. The SMILES string of the molecule is C=N/C(Cl)=N\CCOCCN/C=N/CNCCCCNc1ccnc2cc(Cl)ccc12. The highest BCUT2D eigenvalue weighted by Gasteiger charge is 2.02. The summed E-state index contributed by atoms with van der Waals surface area (Å²) in [6.45, 7) is 7.89. The zero-order valence-corrected chi connectivity index (χ0v) is 19.0. The number of rotatable bonds is 15. The highest BCUT2D eigenvalue weighted by atomic mass is 35.5. The maximum Gasteiger partial charge on any atom is 0.217 e. The fourth-order valence-corrected chi connectivity index (χ4v) is 2.93. The van der Waals surface area contributed by atoms with Crippen molar-refractivity contribution in [3.05, 3.63) is 35.5 Å². The molecule has 2 aromatic rings. The normalized spacial score (nSPS) is 11.9. The van der Waals surface area contributed by atoms with Crippen molar-refractivity contribution >= 4 is 58.1 Å². The van der Waals surface area contributed by atoms with Gasteiger partial charge in [0.1, 0.15) is 0 Å². The molecule has 0 radical (unpaired) electrons. The first-order valence-corrected chi connectivity index (χ1v) is 10.9. The molecule has 0 fully saturated rings. The van der Waals surface area contributed by atoms with E-state index in [-0.39, 0.29) is 5.29 Å². The average Bonchev–Trinajstić information content (AvgIpc) is 2.78. The molecular formula is C21H29Cl2N7O. The molecule has 0 aliphatic carbocycles. The number of aliphatic imine (C=N–C) groups is 3. The van der Waals surface area contributed by atoms with Gasteiger partial charge in [0.15, 0.2) is 0 Å². The largest absolute Gasteiger partial charge is 0.384 e. The lowest BCUT2D eigenvalue weighted by molar-refractivity contribution is 0.147. The number of nitrogens with one attached hydrogen (secondary N) is 3. The van der Waals surface area contributed by atoms with Crippen molar-refractivity contribution in [2.75, 3.05) is 51.4 Å². The Morgan fingerprint density at radius 3 is 2.90 bits per heavy atom. The van der Waals surface area contributed by atoms with Crippen LogP contribution < -0.4 is 16.0 Å². The van der Waals surface area contributed by atoms with E-state index < -0.39 is 0 Å². The van der Waals surface area contributed by atoms with Crippen molar-refractivity contribution in [2.24, 2.45) is 15.0 Å². The number of unbranched alkanes of at least 4 members (excludes halogenated alkanes) is 1. The molecule has 0 aliphatic rings. The lowest BCUT2D eigenvalue weighted by Gasteiger charge is -2.09. The van der Waals surface area contributed by atoms with Crippen LogP contribution in [0, 0.1) is 0 Å². The van der Waals surface area contributed by atoms with Gasteiger partial charge in [-0.2, -0.15) is 0 Å². The molecule has 8 nitrogen and oxygen atoms in total. The van der Waals surface area contributed by atoms with Crippen LogP contribution in [0.3, 0.4) is 0 Å². The summed E-state index contributed by atoms with van der Waals surface area (Å²) >= 11 is 11.6. The van der Waals surface area contributed by atoms with Crippen LogP contribution in [-0.4, -0.2) is 69.4 Å². The lowest BCUT2D eigenvalue weighted by atomic mass is 10.2. The minimum Gasteiger partial charge on any atom is -0.384 e. The maximum atomic E-state index is 6.03. The van der Waals surface area contributed by atoms with Gasteiger partial charge in [-0.05, 0) is 62.0 Å². The summed E-state index contributed by atoms with van der Waals surface area (Å²) in [5, 5.41) is 11.8. The van der Waals surface area contributed by atoms with E-state index in [0.29, 0.717) is 38.0 Å². The second-order valence-electron chi connectivity index (χ2n) is 6.50. The molecule has 168 valence electrons. The van der Waals surface area contributed by atoms with Crippen molar-refractivity contribution in [3.8, 4) is 0 Å². The Morgan fingerprint density at radius 2 is 2.03 bits per heavy atom. The van der Waals surface area contributed by atoms with Crippen molar-refractivity contribution < 1.29 is 4.74 Å². The molecule has 0 saturated heterocycles. The number of hydrogen-bond donors (Lipinski definition) is 3. The molecule has 1 aromatic heterocycles. The number of benzene rings is 1. The summed E-state index contributed by atoms with van der Waals surface area (Å²) in [4.78, 5) is 16.0. The third-order valence-electron chi connectivity index (χ3n) is 4.19. The number of ether oxygens (including phenoxy) is 1. The molecule has 1 aromatic carbocycles. The summed E-state index contributed by atoms with van der Waals surface area (Å²) in [5.74, 6) is 0. The molecule has 0 atom stereocenters. The van der Waals surface area contributed by atoms with Gasteiger partial charge in [0.2, 0.25) is 5.29 Å². The molecule has 0 spiro atoms. The molecule has 0 bridgehead atoms. The standard InChI is InChI=1S/C21H29Cl2N7O/c1-24-21(23)30-11-13-31-12-10-26-16-27-15-25-7-2-3-8-28-19-6-9-29-20-14-17(22)4-5-18(19)20/h4-6,9,14,16,25H,1-3,7-8,10-13,15H2,(H,26,27)(H,28,29)/b30-21-. The molecule has 31 heavy (non-hydrogen) atoms. The number of pyridine rings is 1. The van der Waals surface area contributed by atoms with Crippen LogP contribution in [-0.2, 0) is 4.74 Å². The first-order valence-electron chi connectivity index (χ1n) is 10.2. The van der Waals surface area contributed by atoms with Gasteiger partial charge in [0.25, 0.3) is 0 Å². The van der Waals surface area contributed by atoms with Crippen molar-refractivity contribution in [2.45, 2.75) is 12.8 Å². The highest BCUT2D eigenvalue weighted by molar-refractivity contribution is 6.65. The monoisotopic (exact) mass is 465 g/mol. The zero-order valence-electron chi connectivity index (χ0n) is 17.5. The van der Waals surface area contributed by atoms with E-state index in [2.05, 4.69) is 42.6 Å². The van der Waals surface area contributed by atoms with Crippen LogP contribution >= 0.6 is 23.2 Å². The van der Waals surface area contributed by atoms with E-state index >= 15 is 0 Å². The van der Waals surface area contributed by atoms with Crippen molar-refractivity contribution in [1.29, 1.82) is 0 Å². The summed E-state index contributed by atoms with van der Waals surface area (Å²) in [6, 6.07) is 7.76. The summed E-state index contributed by atoms with van der Waals surface area (Å²) < 4.78 is 5.39. The number of fused-ring (bicyclic) bond motifs is 1. The van der Waals surface area contributed by atoms with E-state index in [9.17, 15) is 0 Å². The van der Waals surface area contributed by atoms with Crippen molar-refractivity contribution in [1.82, 2.24) is 15.6 Å². The smallest absolute Gasteiger partial charge is 0.217 e. The van der Waals surface area contributed by atoms with Crippen LogP contribution in [0.15, 0.2) is 45.4 Å². The molecule has 1 heterocycles. The predicted octanol–water partition coefficient (Wildman–Crippen LogP) is 3.56. The van der Waals surface area contributed by atoms with Gasteiger partial charge in [0, 0.05) is 35.4 Å². The molecule has 0 saturated carbocycles. The van der Waals surface area contributed by atoms with Crippen LogP contribution in [0.2, 0.25) is 5.02 Å². The summed E-state index contributed by atoms with van der Waals surface area (Å²) in [6.07, 6.45) is 5.61. The second-order valence-corrected chi connectivity index (χ2v) is 7.27. The van der Waals surface area contributed by atoms with E-state index in [1.54, 1.807) is 12.5 Å². The van der Waals surface area contributed by atoms with Crippen LogP contribution in [0.4, 0.5) is 5.69 Å². The van der Waals surface area contributed by atoms with E-state index in [1.807, 2.05) is 24.3 Å². The van der Waals surface area contributed by atoms with Crippen LogP contribution in [0.25, 0.3) is 10.9 Å². The first-order chi connectivity index (χ1) is 15.2. The minimum absolute atomic E-state index is 0.158. The molecule has 0 unspecified atom stereocenters. The van der Waals surface area contributed by atoms with Crippen LogP contribution in [0.1, 0.15) is 12.8 Å². The highest BCUT2D eigenvalue weighted by Crippen LogP contribution is 2.24. The zero-order chi connectivity index (χ0) is 22.2. The fraction of sp³-hybridized carbons (Fsp3) is 0.429. The maximum absolute atomic E-state index is 6.03. The van der Waals surface area contributed by atoms with Crippen LogP contribution in [0.5, 0.6) is 0 Å². The number of halogens is 2. The van der Waals surface area contributed by atoms with Gasteiger partial charge in [-0.3, -0.25) is 20.3 Å². The topological polar surface area (TPSA) is 95.3 Å². The average molecular weight is 466 g/mol. The number of anilines is 1. The van der Waals surface area contributed by atoms with Gasteiger partial charge in [-0.15, -0.1) is 0 Å². The molecule has 2 rings (SSSR count). The van der Waals surface area contributed by atoms with Gasteiger partial charge in [-0.1, -0.05) is 11.6 Å². The van der Waals surface area contributed by atoms with E-state index in [4.69, 9.17) is 27.9 Å². The Bertz CT molecular complexity index is 861. The quantitative estimate of drug-likeness (QED) is 0.162. The summed E-state index contributed by atoms with van der Waals surface area (Å²) in [7, 11) is 0. The van der Waals surface area contributed by atoms with Gasteiger partial charge >= 0.3 is 0 Å². The Hall–Kier alpha value is -2.26. The van der Waals surface area contributed by atoms with Gasteiger partial charge < -0.3 is 15.4 Å². The van der Waals surface area contributed by atoms with Gasteiger partial charge in [0.05, 0.1) is 38.3 Å².